The van der Waals surface area contributed by atoms with Gasteiger partial charge in [0.1, 0.15) is 5.76 Å². The van der Waals surface area contributed by atoms with Crippen LogP contribution in [0.15, 0.2) is 22.1 Å². The van der Waals surface area contributed by atoms with Crippen LogP contribution in [0.25, 0.3) is 0 Å². The van der Waals surface area contributed by atoms with E-state index in [0.29, 0.717) is 16.5 Å². The summed E-state index contributed by atoms with van der Waals surface area (Å²) >= 11 is 5.73. The highest BCUT2D eigenvalue weighted by Crippen LogP contribution is 2.30. The molecule has 0 fully saturated rings. The first kappa shape index (κ1) is 9.92. The van der Waals surface area contributed by atoms with E-state index < -0.39 is 5.97 Å². The summed E-state index contributed by atoms with van der Waals surface area (Å²) in [5.41, 5.74) is 6.20. The first-order valence-electron chi connectivity index (χ1n) is 3.68. The molecule has 0 aromatic heterocycles. The maximum absolute atomic E-state index is 10.7. The lowest BCUT2D eigenvalue weighted by Gasteiger charge is -2.17. The van der Waals surface area contributed by atoms with E-state index in [9.17, 15) is 4.79 Å². The van der Waals surface area contributed by atoms with Crippen LogP contribution in [0.3, 0.4) is 0 Å². The normalized spacial score (nSPS) is 17.7. The fourth-order valence-corrected chi connectivity index (χ4v) is 1.33. The molecule has 1 aliphatic carbocycles. The molecule has 0 spiro atoms. The van der Waals surface area contributed by atoms with E-state index in [0.717, 1.165) is 0 Å². The number of rotatable bonds is 2. The van der Waals surface area contributed by atoms with Crippen molar-refractivity contribution < 1.29 is 14.6 Å². The number of carbonyl (C=O) groups is 1. The van der Waals surface area contributed by atoms with E-state index in [1.165, 1.54) is 7.11 Å². The van der Waals surface area contributed by atoms with Gasteiger partial charge in [0.15, 0.2) is 0 Å². The minimum Gasteiger partial charge on any atom is -0.500 e. The molecule has 3 N–H and O–H groups in total. The molecule has 0 amide bonds. The molecule has 5 heteroatoms. The summed E-state index contributed by atoms with van der Waals surface area (Å²) in [5, 5.41) is 9.17. The zero-order chi connectivity index (χ0) is 10.0. The van der Waals surface area contributed by atoms with E-state index in [1.54, 1.807) is 0 Å². The molecule has 0 heterocycles. The maximum Gasteiger partial charge on any atom is 0.335 e. The Morgan fingerprint density at radius 2 is 2.23 bits per heavy atom. The summed E-state index contributed by atoms with van der Waals surface area (Å²) in [6.45, 7) is 0. The molecule has 0 aliphatic heterocycles. The van der Waals surface area contributed by atoms with Crippen LogP contribution in [0.5, 0.6) is 0 Å². The number of nitrogens with two attached hydrogens (primary N) is 1. The first-order valence-corrected chi connectivity index (χ1v) is 4.06. The monoisotopic (exact) mass is 203 g/mol. The highest BCUT2D eigenvalue weighted by atomic mass is 35.5. The van der Waals surface area contributed by atoms with Crippen molar-refractivity contribution in [3.63, 3.8) is 0 Å². The molecular formula is C8H10ClNO3. The van der Waals surface area contributed by atoms with Gasteiger partial charge in [-0.1, -0.05) is 11.6 Å². The molecule has 0 atom stereocenters. The van der Waals surface area contributed by atoms with Crippen LogP contribution in [0.4, 0.5) is 0 Å². The number of carboxylic acid groups (broad SMARTS) is 1. The fourth-order valence-electron chi connectivity index (χ4n) is 1.13. The second kappa shape index (κ2) is 3.70. The Bertz CT molecular complexity index is 307. The summed E-state index contributed by atoms with van der Waals surface area (Å²) in [5.74, 6) is -0.628. The van der Waals surface area contributed by atoms with E-state index in [2.05, 4.69) is 0 Å². The number of hydrogen-bond donors (Lipinski definition) is 2. The minimum atomic E-state index is -1.01. The van der Waals surface area contributed by atoms with Gasteiger partial charge in [-0.15, -0.1) is 0 Å². The molecule has 0 bridgehead atoms. The number of methoxy groups -OCH3 is 1. The van der Waals surface area contributed by atoms with Crippen molar-refractivity contribution in [2.45, 2.75) is 12.8 Å². The summed E-state index contributed by atoms with van der Waals surface area (Å²) in [7, 11) is 1.42. The van der Waals surface area contributed by atoms with Gasteiger partial charge in [0.2, 0.25) is 0 Å². The quantitative estimate of drug-likeness (QED) is 0.707. The van der Waals surface area contributed by atoms with Crippen molar-refractivity contribution in [2.75, 3.05) is 7.11 Å². The Labute approximate surface area is 80.6 Å². The number of ether oxygens (including phenoxy) is 1. The standard InChI is InChI=1S/C8H10ClNO3/c1-13-7-3-6(10)5(9)2-4(7)8(11)12/h2-3,10H2,1H3,(H,11,12). The summed E-state index contributed by atoms with van der Waals surface area (Å²) in [6, 6.07) is 0. The van der Waals surface area contributed by atoms with Crippen molar-refractivity contribution in [2.24, 2.45) is 5.73 Å². The van der Waals surface area contributed by atoms with Gasteiger partial charge in [-0.2, -0.15) is 0 Å². The number of halogens is 1. The molecule has 0 saturated heterocycles. The van der Waals surface area contributed by atoms with Crippen LogP contribution >= 0.6 is 11.6 Å². The number of aliphatic carboxylic acids is 1. The molecule has 0 aromatic carbocycles. The van der Waals surface area contributed by atoms with Gasteiger partial charge in [-0.25, -0.2) is 4.79 Å². The first-order chi connectivity index (χ1) is 6.06. The molecule has 72 valence electrons. The zero-order valence-corrected chi connectivity index (χ0v) is 7.89. The van der Waals surface area contributed by atoms with Gasteiger partial charge in [0.05, 0.1) is 12.7 Å². The lowest BCUT2D eigenvalue weighted by molar-refractivity contribution is -0.133. The van der Waals surface area contributed by atoms with E-state index >= 15 is 0 Å². The van der Waals surface area contributed by atoms with Crippen LogP contribution < -0.4 is 5.73 Å². The summed E-state index contributed by atoms with van der Waals surface area (Å²) in [4.78, 5) is 10.7. The largest absolute Gasteiger partial charge is 0.500 e. The van der Waals surface area contributed by atoms with Crippen LogP contribution in [0.2, 0.25) is 0 Å². The Balaban J connectivity index is 2.97. The zero-order valence-electron chi connectivity index (χ0n) is 7.13. The molecule has 0 saturated carbocycles. The highest BCUT2D eigenvalue weighted by Gasteiger charge is 2.23. The van der Waals surface area contributed by atoms with Crippen LogP contribution in [0.1, 0.15) is 12.8 Å². The summed E-state index contributed by atoms with van der Waals surface area (Å²) < 4.78 is 4.91. The van der Waals surface area contributed by atoms with Crippen LogP contribution in [-0.2, 0) is 9.53 Å². The van der Waals surface area contributed by atoms with Gasteiger partial charge in [0, 0.05) is 23.6 Å². The number of carboxylic acids is 1. The predicted octanol–water partition coefficient (Wildman–Crippen LogP) is 1.17. The number of allylic oxidation sites excluding steroid dienone is 1. The molecular weight excluding hydrogens is 194 g/mol. The lowest BCUT2D eigenvalue weighted by atomic mass is 10.0. The van der Waals surface area contributed by atoms with Crippen LogP contribution in [0, 0.1) is 0 Å². The Kier molecular flexibility index (Phi) is 2.83. The average Bonchev–Trinajstić information content (AvgIpc) is 2.08. The molecule has 1 aliphatic rings. The van der Waals surface area contributed by atoms with E-state index in [-0.39, 0.29) is 18.4 Å². The van der Waals surface area contributed by atoms with Crippen molar-refractivity contribution in [3.05, 3.63) is 22.1 Å². The Morgan fingerprint density at radius 3 is 2.69 bits per heavy atom. The predicted molar refractivity (Wildman–Crippen MR) is 48.0 cm³/mol. The Hall–Kier alpha value is -1.16. The molecule has 0 radical (unpaired) electrons. The average molecular weight is 204 g/mol. The second-order valence-corrected chi connectivity index (χ2v) is 3.15. The third-order valence-electron chi connectivity index (χ3n) is 1.87. The van der Waals surface area contributed by atoms with Gasteiger partial charge in [-0.3, -0.25) is 0 Å². The summed E-state index contributed by atoms with van der Waals surface area (Å²) in [6.07, 6.45) is 0.420. The third kappa shape index (κ3) is 1.95. The molecule has 13 heavy (non-hydrogen) atoms. The second-order valence-electron chi connectivity index (χ2n) is 2.69. The maximum atomic E-state index is 10.7. The molecule has 0 unspecified atom stereocenters. The van der Waals surface area contributed by atoms with Gasteiger partial charge < -0.3 is 15.6 Å². The molecule has 1 rings (SSSR count). The van der Waals surface area contributed by atoms with Gasteiger partial charge >= 0.3 is 5.97 Å². The van der Waals surface area contributed by atoms with Crippen molar-refractivity contribution in [1.29, 1.82) is 0 Å². The van der Waals surface area contributed by atoms with Crippen molar-refractivity contribution >= 4 is 17.6 Å². The topological polar surface area (TPSA) is 72.5 Å². The van der Waals surface area contributed by atoms with Crippen molar-refractivity contribution in [1.82, 2.24) is 0 Å². The minimum absolute atomic E-state index is 0.145. The Morgan fingerprint density at radius 1 is 1.62 bits per heavy atom. The van der Waals surface area contributed by atoms with E-state index in [4.69, 9.17) is 27.2 Å². The fraction of sp³-hybridized carbons (Fsp3) is 0.375. The van der Waals surface area contributed by atoms with E-state index in [1.807, 2.05) is 0 Å². The lowest BCUT2D eigenvalue weighted by Crippen LogP contribution is -2.15. The number of hydrogen-bond acceptors (Lipinski definition) is 3. The van der Waals surface area contributed by atoms with Crippen molar-refractivity contribution in [3.8, 4) is 0 Å². The third-order valence-corrected chi connectivity index (χ3v) is 2.25. The van der Waals surface area contributed by atoms with Gasteiger partial charge in [0.25, 0.3) is 0 Å². The smallest absolute Gasteiger partial charge is 0.335 e. The highest BCUT2D eigenvalue weighted by molar-refractivity contribution is 6.30. The molecule has 4 nitrogen and oxygen atoms in total. The SMILES string of the molecule is COC1=C(C(=O)O)CC(Cl)=C(N)C1. The van der Waals surface area contributed by atoms with Gasteiger partial charge in [-0.05, 0) is 0 Å². The van der Waals surface area contributed by atoms with Crippen LogP contribution in [-0.4, -0.2) is 18.2 Å². The molecule has 0 aromatic rings.